The van der Waals surface area contributed by atoms with Crippen molar-refractivity contribution in [2.45, 2.75) is 12.6 Å². The number of amides is 1. The predicted molar refractivity (Wildman–Crippen MR) is 129 cm³/mol. The van der Waals surface area contributed by atoms with Gasteiger partial charge in [-0.25, -0.2) is 9.97 Å². The number of anilines is 1. The SMILES string of the molecule is C=CC(=O)NC1Cn2c(c(-c3cnc4ccccc4c3)c3c(N)ncnc32)-c2ccccc21. The molecular weight excluding hydrogens is 412 g/mol. The zero-order chi connectivity index (χ0) is 22.5. The number of fused-ring (bicyclic) bond motifs is 6. The minimum Gasteiger partial charge on any atom is -0.383 e. The van der Waals surface area contributed by atoms with Crippen molar-refractivity contribution in [3.63, 3.8) is 0 Å². The van der Waals surface area contributed by atoms with E-state index in [1.54, 1.807) is 0 Å². The molecule has 2 aromatic carbocycles. The van der Waals surface area contributed by atoms with Crippen LogP contribution in [-0.4, -0.2) is 25.4 Å². The van der Waals surface area contributed by atoms with Crippen molar-refractivity contribution in [1.82, 2.24) is 24.8 Å². The van der Waals surface area contributed by atoms with E-state index in [1.807, 2.05) is 48.7 Å². The molecule has 0 saturated carbocycles. The number of nitrogen functional groups attached to an aromatic ring is 1. The second kappa shape index (κ2) is 7.27. The van der Waals surface area contributed by atoms with Gasteiger partial charge in [-0.15, -0.1) is 0 Å². The van der Waals surface area contributed by atoms with Gasteiger partial charge in [0.15, 0.2) is 0 Å². The van der Waals surface area contributed by atoms with Crippen LogP contribution in [0.4, 0.5) is 5.82 Å². The van der Waals surface area contributed by atoms with E-state index in [0.717, 1.165) is 49.9 Å². The first kappa shape index (κ1) is 19.2. The van der Waals surface area contributed by atoms with Crippen LogP contribution in [0.5, 0.6) is 0 Å². The van der Waals surface area contributed by atoms with Crippen molar-refractivity contribution < 1.29 is 4.79 Å². The topological polar surface area (TPSA) is 98.7 Å². The minimum absolute atomic E-state index is 0.220. The quantitative estimate of drug-likeness (QED) is 0.415. The normalized spacial score (nSPS) is 14.6. The molecule has 0 saturated heterocycles. The number of nitrogens with zero attached hydrogens (tertiary/aromatic N) is 4. The van der Waals surface area contributed by atoms with Gasteiger partial charge in [-0.05, 0) is 23.8 Å². The van der Waals surface area contributed by atoms with Crippen molar-refractivity contribution in [3.05, 3.63) is 85.3 Å². The summed E-state index contributed by atoms with van der Waals surface area (Å²) in [5.41, 5.74) is 13.0. The lowest BCUT2D eigenvalue weighted by molar-refractivity contribution is -0.117. The van der Waals surface area contributed by atoms with Crippen LogP contribution in [0.2, 0.25) is 0 Å². The molecule has 160 valence electrons. The lowest BCUT2D eigenvalue weighted by Crippen LogP contribution is -2.32. The summed E-state index contributed by atoms with van der Waals surface area (Å²) in [5, 5.41) is 4.88. The number of pyridine rings is 1. The number of benzene rings is 2. The summed E-state index contributed by atoms with van der Waals surface area (Å²) in [6.45, 7) is 4.11. The molecule has 1 aliphatic rings. The molecule has 7 nitrogen and oxygen atoms in total. The Morgan fingerprint density at radius 2 is 1.94 bits per heavy atom. The predicted octanol–water partition coefficient (Wildman–Crippen LogP) is 4.25. The first-order chi connectivity index (χ1) is 16.2. The highest BCUT2D eigenvalue weighted by Crippen LogP contribution is 2.47. The fourth-order valence-electron chi connectivity index (χ4n) is 4.79. The number of para-hydroxylation sites is 1. The second-order valence-corrected chi connectivity index (χ2v) is 8.06. The molecule has 1 amide bonds. The van der Waals surface area contributed by atoms with Crippen molar-refractivity contribution in [3.8, 4) is 22.4 Å². The summed E-state index contributed by atoms with van der Waals surface area (Å²) in [4.78, 5) is 25.7. The Morgan fingerprint density at radius 1 is 1.12 bits per heavy atom. The van der Waals surface area contributed by atoms with E-state index < -0.39 is 0 Å². The molecule has 0 spiro atoms. The number of carbonyl (C=O) groups excluding carboxylic acids is 1. The van der Waals surface area contributed by atoms with Crippen molar-refractivity contribution in [2.24, 2.45) is 0 Å². The summed E-state index contributed by atoms with van der Waals surface area (Å²) < 4.78 is 2.12. The monoisotopic (exact) mass is 432 g/mol. The highest BCUT2D eigenvalue weighted by molar-refractivity contribution is 6.09. The Labute approximate surface area is 189 Å². The molecule has 7 heteroatoms. The van der Waals surface area contributed by atoms with Crippen LogP contribution in [-0.2, 0) is 11.3 Å². The van der Waals surface area contributed by atoms with E-state index in [1.165, 1.54) is 12.4 Å². The van der Waals surface area contributed by atoms with Gasteiger partial charge < -0.3 is 15.6 Å². The molecule has 1 unspecified atom stereocenters. The second-order valence-electron chi connectivity index (χ2n) is 8.06. The number of nitrogens with one attached hydrogen (secondary N) is 1. The number of carbonyl (C=O) groups is 1. The molecule has 0 fully saturated rings. The molecule has 1 atom stereocenters. The summed E-state index contributed by atoms with van der Waals surface area (Å²) in [6, 6.07) is 18.0. The zero-order valence-corrected chi connectivity index (χ0v) is 17.7. The van der Waals surface area contributed by atoms with Gasteiger partial charge in [0.25, 0.3) is 0 Å². The third-order valence-corrected chi connectivity index (χ3v) is 6.21. The summed E-state index contributed by atoms with van der Waals surface area (Å²) in [7, 11) is 0. The molecule has 6 rings (SSSR count). The standard InChI is InChI=1S/C26H20N6O/c1-2-21(33)31-20-13-32-24(18-9-5-4-8-17(18)20)22(23-25(27)29-14-30-26(23)32)16-11-15-7-3-6-10-19(15)28-12-16/h2-12,14,20H,1,13H2,(H,31,33)(H2,27,29,30). The first-order valence-electron chi connectivity index (χ1n) is 10.7. The number of aromatic nitrogens is 4. The summed E-state index contributed by atoms with van der Waals surface area (Å²) >= 11 is 0. The van der Waals surface area contributed by atoms with Gasteiger partial charge in [-0.1, -0.05) is 49.0 Å². The molecular formula is C26H20N6O. The van der Waals surface area contributed by atoms with Gasteiger partial charge in [0.1, 0.15) is 17.8 Å². The molecule has 0 radical (unpaired) electrons. The maximum Gasteiger partial charge on any atom is 0.243 e. The minimum atomic E-state index is -0.228. The van der Waals surface area contributed by atoms with E-state index in [0.29, 0.717) is 12.4 Å². The van der Waals surface area contributed by atoms with Gasteiger partial charge in [-0.2, -0.15) is 0 Å². The Balaban J connectivity index is 1.68. The molecule has 1 aliphatic heterocycles. The van der Waals surface area contributed by atoms with E-state index in [2.05, 4.69) is 43.5 Å². The van der Waals surface area contributed by atoms with Crippen molar-refractivity contribution in [2.75, 3.05) is 5.73 Å². The highest BCUT2D eigenvalue weighted by Gasteiger charge is 2.32. The van der Waals surface area contributed by atoms with Gasteiger partial charge in [0.2, 0.25) is 5.91 Å². The Morgan fingerprint density at radius 3 is 2.82 bits per heavy atom. The maximum atomic E-state index is 12.2. The largest absolute Gasteiger partial charge is 0.383 e. The lowest BCUT2D eigenvalue weighted by Gasteiger charge is -2.29. The average Bonchev–Trinajstić information content (AvgIpc) is 3.19. The van der Waals surface area contributed by atoms with E-state index in [9.17, 15) is 4.79 Å². The maximum absolute atomic E-state index is 12.2. The third-order valence-electron chi connectivity index (χ3n) is 6.21. The number of rotatable bonds is 3. The van der Waals surface area contributed by atoms with E-state index >= 15 is 0 Å². The van der Waals surface area contributed by atoms with E-state index in [4.69, 9.17) is 5.73 Å². The van der Waals surface area contributed by atoms with Gasteiger partial charge in [0.05, 0.1) is 22.6 Å². The van der Waals surface area contributed by atoms with Crippen molar-refractivity contribution >= 4 is 33.7 Å². The van der Waals surface area contributed by atoms with Crippen molar-refractivity contribution in [1.29, 1.82) is 0 Å². The first-order valence-corrected chi connectivity index (χ1v) is 10.7. The smallest absolute Gasteiger partial charge is 0.243 e. The highest BCUT2D eigenvalue weighted by atomic mass is 16.1. The lowest BCUT2D eigenvalue weighted by atomic mass is 9.90. The fourth-order valence-corrected chi connectivity index (χ4v) is 4.79. The fraction of sp³-hybridized carbons (Fsp3) is 0.0769. The van der Waals surface area contributed by atoms with Crippen LogP contribution in [0.3, 0.4) is 0 Å². The summed E-state index contributed by atoms with van der Waals surface area (Å²) in [5.74, 6) is 0.192. The van der Waals surface area contributed by atoms with Crippen LogP contribution in [0.15, 0.2) is 79.8 Å². The average molecular weight is 432 g/mol. The Hall–Kier alpha value is -4.52. The van der Waals surface area contributed by atoms with E-state index in [-0.39, 0.29) is 11.9 Å². The van der Waals surface area contributed by atoms with Crippen LogP contribution in [0.25, 0.3) is 44.3 Å². The number of nitrogens with two attached hydrogens (primary N) is 1. The van der Waals surface area contributed by atoms with Gasteiger partial charge in [0, 0.05) is 34.8 Å². The Bertz CT molecular complexity index is 1590. The Kier molecular flexibility index (Phi) is 4.23. The number of hydrogen-bond acceptors (Lipinski definition) is 5. The molecule has 5 aromatic rings. The van der Waals surface area contributed by atoms with Gasteiger partial charge >= 0.3 is 0 Å². The van der Waals surface area contributed by atoms with Crippen LogP contribution >= 0.6 is 0 Å². The molecule has 33 heavy (non-hydrogen) atoms. The van der Waals surface area contributed by atoms with Gasteiger partial charge in [-0.3, -0.25) is 9.78 Å². The van der Waals surface area contributed by atoms with Crippen LogP contribution in [0, 0.1) is 0 Å². The molecule has 4 heterocycles. The zero-order valence-electron chi connectivity index (χ0n) is 17.7. The van der Waals surface area contributed by atoms with Crippen LogP contribution < -0.4 is 11.1 Å². The number of hydrogen-bond donors (Lipinski definition) is 2. The molecule has 0 bridgehead atoms. The molecule has 0 aliphatic carbocycles. The molecule has 3 aromatic heterocycles. The summed E-state index contributed by atoms with van der Waals surface area (Å²) in [6.07, 6.45) is 4.64. The molecule has 3 N–H and O–H groups in total. The third kappa shape index (κ3) is 2.90. The van der Waals surface area contributed by atoms with Crippen LogP contribution in [0.1, 0.15) is 11.6 Å².